The zero-order chi connectivity index (χ0) is 75.8. The van der Waals surface area contributed by atoms with Gasteiger partial charge in [0, 0.05) is 25.7 Å². The Bertz CT molecular complexity index is 1990. The summed E-state index contributed by atoms with van der Waals surface area (Å²) in [6.45, 7) is 12.0. The molecule has 103 heavy (non-hydrogen) atoms. The van der Waals surface area contributed by atoms with Crippen LogP contribution in [0.15, 0.2) is 0 Å². The third kappa shape index (κ3) is 76.6. The van der Waals surface area contributed by atoms with Gasteiger partial charge in [-0.05, 0) is 43.4 Å². The molecular weight excluding hydrogens is 1340 g/mol. The quantitative estimate of drug-likeness (QED) is 0.0222. The van der Waals surface area contributed by atoms with Crippen molar-refractivity contribution in [3.63, 3.8) is 0 Å². The maximum Gasteiger partial charge on any atom is 0.472 e. The first kappa shape index (κ1) is 101. The molecule has 17 nitrogen and oxygen atoms in total. The van der Waals surface area contributed by atoms with Crippen LogP contribution < -0.4 is 0 Å². The number of aliphatic hydroxyl groups excluding tert-OH is 1. The average Bonchev–Trinajstić information content (AvgIpc) is 0.917. The van der Waals surface area contributed by atoms with E-state index in [1.54, 1.807) is 0 Å². The second-order valence-electron chi connectivity index (χ2n) is 31.4. The van der Waals surface area contributed by atoms with Gasteiger partial charge in [0.2, 0.25) is 0 Å². The molecule has 0 aromatic rings. The highest BCUT2D eigenvalue weighted by atomic mass is 31.2. The van der Waals surface area contributed by atoms with Crippen molar-refractivity contribution in [2.75, 3.05) is 39.6 Å². The maximum absolute atomic E-state index is 13.1. The van der Waals surface area contributed by atoms with Crippen molar-refractivity contribution in [3.8, 4) is 0 Å². The summed E-state index contributed by atoms with van der Waals surface area (Å²) in [4.78, 5) is 72.8. The zero-order valence-electron chi connectivity index (χ0n) is 67.8. The molecule has 0 bridgehead atoms. The maximum atomic E-state index is 13.1. The van der Waals surface area contributed by atoms with E-state index in [-0.39, 0.29) is 25.7 Å². The first-order valence-electron chi connectivity index (χ1n) is 43.4. The Morgan fingerprint density at radius 3 is 0.738 bits per heavy atom. The van der Waals surface area contributed by atoms with Crippen LogP contribution in [0.1, 0.15) is 440 Å². The Kier molecular flexibility index (Phi) is 72.8. The summed E-state index contributed by atoms with van der Waals surface area (Å²) in [5.74, 6) is 0.362. The summed E-state index contributed by atoms with van der Waals surface area (Å²) in [5, 5.41) is 10.6. The molecule has 3 unspecified atom stereocenters. The van der Waals surface area contributed by atoms with Crippen molar-refractivity contribution in [1.29, 1.82) is 0 Å². The van der Waals surface area contributed by atoms with E-state index < -0.39 is 97.5 Å². The number of unbranched alkanes of at least 4 members (excludes halogenated alkanes) is 49. The van der Waals surface area contributed by atoms with E-state index in [0.29, 0.717) is 25.7 Å². The van der Waals surface area contributed by atoms with Gasteiger partial charge < -0.3 is 33.8 Å². The van der Waals surface area contributed by atoms with Crippen molar-refractivity contribution in [3.05, 3.63) is 0 Å². The Hall–Kier alpha value is -1.94. The summed E-state index contributed by atoms with van der Waals surface area (Å²) in [6.07, 6.45) is 64.3. The van der Waals surface area contributed by atoms with E-state index in [9.17, 15) is 43.2 Å². The Labute approximate surface area is 632 Å². The Morgan fingerprint density at radius 2 is 0.495 bits per heavy atom. The molecule has 0 heterocycles. The highest BCUT2D eigenvalue weighted by Gasteiger charge is 2.30. The lowest BCUT2D eigenvalue weighted by Gasteiger charge is -2.21. The molecule has 0 aliphatic heterocycles. The van der Waals surface area contributed by atoms with Gasteiger partial charge >= 0.3 is 39.5 Å². The molecule has 19 heteroatoms. The predicted octanol–water partition coefficient (Wildman–Crippen LogP) is 25.3. The number of ether oxygens (including phenoxy) is 4. The molecule has 0 saturated heterocycles. The smallest absolute Gasteiger partial charge is 0.462 e. The number of phosphoric acid groups is 2. The fourth-order valence-electron chi connectivity index (χ4n) is 13.0. The van der Waals surface area contributed by atoms with Gasteiger partial charge in [0.15, 0.2) is 12.2 Å². The van der Waals surface area contributed by atoms with Gasteiger partial charge in [0.05, 0.1) is 26.4 Å². The number of rotatable bonds is 82. The minimum absolute atomic E-state index is 0.107. The van der Waals surface area contributed by atoms with E-state index in [2.05, 4.69) is 48.5 Å². The van der Waals surface area contributed by atoms with Crippen LogP contribution >= 0.6 is 15.6 Å². The van der Waals surface area contributed by atoms with Crippen LogP contribution in [0.2, 0.25) is 0 Å². The number of carbonyl (C=O) groups is 4. The van der Waals surface area contributed by atoms with E-state index in [1.807, 2.05) is 0 Å². The van der Waals surface area contributed by atoms with Gasteiger partial charge in [-0.15, -0.1) is 0 Å². The summed E-state index contributed by atoms with van der Waals surface area (Å²) in [5.41, 5.74) is 0. The van der Waals surface area contributed by atoms with Crippen LogP contribution in [0.25, 0.3) is 0 Å². The van der Waals surface area contributed by atoms with Crippen LogP contribution in [0.4, 0.5) is 0 Å². The molecule has 0 aliphatic rings. The number of phosphoric ester groups is 2. The van der Waals surface area contributed by atoms with E-state index in [4.69, 9.17) is 37.0 Å². The summed E-state index contributed by atoms with van der Waals surface area (Å²) >= 11 is 0. The van der Waals surface area contributed by atoms with Crippen LogP contribution in [-0.4, -0.2) is 96.7 Å². The zero-order valence-corrected chi connectivity index (χ0v) is 69.6. The van der Waals surface area contributed by atoms with Crippen molar-refractivity contribution >= 4 is 39.5 Å². The summed E-state index contributed by atoms with van der Waals surface area (Å²) in [6, 6.07) is 0. The molecular formula is C84H164O17P2. The van der Waals surface area contributed by atoms with Gasteiger partial charge in [-0.1, -0.05) is 389 Å². The lowest BCUT2D eigenvalue weighted by atomic mass is 9.99. The van der Waals surface area contributed by atoms with Gasteiger partial charge in [0.25, 0.3) is 0 Å². The number of carbonyl (C=O) groups excluding carboxylic acids is 4. The highest BCUT2D eigenvalue weighted by molar-refractivity contribution is 7.47. The third-order valence-electron chi connectivity index (χ3n) is 20.0. The van der Waals surface area contributed by atoms with Crippen LogP contribution in [-0.2, 0) is 65.4 Å². The SMILES string of the molecule is CCCCCCCC(=O)OC[C@H](COP(=O)(O)OC[C@H](O)COP(=O)(O)OC[C@@H](COC(=O)CCCCCCCCCCCCCCCCCC(C)C)OC(=O)CCCCCCCCCCCCCCCCCCCCC(C)CC)OC(=O)CCCCCCCCCCCCCCCCCC(C)C. The fourth-order valence-corrected chi connectivity index (χ4v) is 14.6. The van der Waals surface area contributed by atoms with Gasteiger partial charge in [-0.25, -0.2) is 9.13 Å². The minimum Gasteiger partial charge on any atom is -0.462 e. The molecule has 0 amide bonds. The monoisotopic (exact) mass is 1510 g/mol. The molecule has 612 valence electrons. The van der Waals surface area contributed by atoms with Gasteiger partial charge in [0.1, 0.15) is 19.3 Å². The highest BCUT2D eigenvalue weighted by Crippen LogP contribution is 2.45. The Morgan fingerprint density at radius 1 is 0.282 bits per heavy atom. The molecule has 0 spiro atoms. The van der Waals surface area contributed by atoms with Crippen molar-refractivity contribution in [2.24, 2.45) is 17.8 Å². The number of aliphatic hydroxyl groups is 1. The second kappa shape index (κ2) is 74.2. The van der Waals surface area contributed by atoms with E-state index >= 15 is 0 Å². The Balaban J connectivity index is 5.11. The summed E-state index contributed by atoms with van der Waals surface area (Å²) in [7, 11) is -9.91. The molecule has 0 saturated carbocycles. The molecule has 6 atom stereocenters. The van der Waals surface area contributed by atoms with Crippen LogP contribution in [0.5, 0.6) is 0 Å². The van der Waals surface area contributed by atoms with Crippen molar-refractivity contribution in [2.45, 2.75) is 458 Å². The second-order valence-corrected chi connectivity index (χ2v) is 34.3. The number of hydrogen-bond donors (Lipinski definition) is 3. The molecule has 0 aromatic carbocycles. The molecule has 0 aromatic heterocycles. The fraction of sp³-hybridized carbons (Fsp3) is 0.952. The molecule has 3 N–H and O–H groups in total. The first-order valence-corrected chi connectivity index (χ1v) is 46.4. The van der Waals surface area contributed by atoms with E-state index in [0.717, 1.165) is 114 Å². The van der Waals surface area contributed by atoms with Gasteiger partial charge in [-0.2, -0.15) is 0 Å². The number of hydrogen-bond acceptors (Lipinski definition) is 15. The standard InChI is InChI=1S/C84H164O17P2/c1-8-10-11-48-58-65-81(86)94-71-79(100-83(88)67-60-54-47-41-35-29-23-17-19-25-31-37-43-50-56-63-76(5)6)73-98-102(90,91)96-69-78(85)70-97-103(92,93)99-74-80(72-95-82(87)66-59-52-45-39-33-27-22-16-18-24-30-36-42-49-55-62-75(3)4)101-84(89)68-61-53-46-40-34-28-21-15-13-12-14-20-26-32-38-44-51-57-64-77(7)9-2/h75-80,85H,8-74H2,1-7H3,(H,90,91)(H,92,93)/t77?,78-,79+,80+/m0/s1. The molecule has 0 fully saturated rings. The van der Waals surface area contributed by atoms with Crippen molar-refractivity contribution in [1.82, 2.24) is 0 Å². The average molecular weight is 1510 g/mol. The molecule has 0 radical (unpaired) electrons. The van der Waals surface area contributed by atoms with E-state index in [1.165, 1.54) is 244 Å². The van der Waals surface area contributed by atoms with Crippen molar-refractivity contribution < 1.29 is 80.2 Å². The summed E-state index contributed by atoms with van der Waals surface area (Å²) < 4.78 is 68.6. The minimum atomic E-state index is -4.96. The normalized spacial score (nSPS) is 14.2. The topological polar surface area (TPSA) is 237 Å². The lowest BCUT2D eigenvalue weighted by Crippen LogP contribution is -2.30. The molecule has 0 aliphatic carbocycles. The van der Waals surface area contributed by atoms with Crippen LogP contribution in [0, 0.1) is 17.8 Å². The van der Waals surface area contributed by atoms with Crippen LogP contribution in [0.3, 0.4) is 0 Å². The number of esters is 4. The third-order valence-corrected chi connectivity index (χ3v) is 21.9. The first-order chi connectivity index (χ1) is 49.8. The lowest BCUT2D eigenvalue weighted by molar-refractivity contribution is -0.161. The predicted molar refractivity (Wildman–Crippen MR) is 423 cm³/mol. The largest absolute Gasteiger partial charge is 0.472 e. The molecule has 0 rings (SSSR count). The van der Waals surface area contributed by atoms with Gasteiger partial charge in [-0.3, -0.25) is 37.3 Å².